The molecule has 0 aromatic carbocycles. The fourth-order valence-electron chi connectivity index (χ4n) is 2.76. The number of piperidine rings is 1. The zero-order valence-corrected chi connectivity index (χ0v) is 8.64. The summed E-state index contributed by atoms with van der Waals surface area (Å²) in [5.41, 5.74) is 0. The van der Waals surface area contributed by atoms with Gasteiger partial charge in [0.15, 0.2) is 0 Å². The van der Waals surface area contributed by atoms with E-state index in [1.54, 1.807) is 0 Å². The summed E-state index contributed by atoms with van der Waals surface area (Å²) in [6.07, 6.45) is 2.27. The van der Waals surface area contributed by atoms with Crippen LogP contribution in [0.2, 0.25) is 0 Å². The Kier molecular flexibility index (Phi) is 2.49. The van der Waals surface area contributed by atoms with Gasteiger partial charge in [0.05, 0.1) is 6.10 Å². The number of carbonyl (C=O) groups is 1. The quantitative estimate of drug-likeness (QED) is 0.610. The van der Waals surface area contributed by atoms with Gasteiger partial charge >= 0.3 is 5.97 Å². The molecule has 0 amide bonds. The van der Waals surface area contributed by atoms with E-state index < -0.39 is 0 Å². The molecule has 2 heterocycles. The molecule has 2 rings (SSSR count). The Balaban J connectivity index is 2.07. The van der Waals surface area contributed by atoms with Crippen molar-refractivity contribution in [3.05, 3.63) is 0 Å². The van der Waals surface area contributed by atoms with Gasteiger partial charge in [-0.1, -0.05) is 0 Å². The summed E-state index contributed by atoms with van der Waals surface area (Å²) in [6, 6.07) is 0.491. The first-order chi connectivity index (χ1) is 6.59. The van der Waals surface area contributed by atoms with Crippen LogP contribution in [0.25, 0.3) is 0 Å². The minimum atomic E-state index is -0.253. The van der Waals surface area contributed by atoms with Crippen molar-refractivity contribution in [3.63, 3.8) is 0 Å². The SMILES string of the molecule is CC(=O)O[C@H]1C[C@H]2C(O)CC[C@@H]1N2C. The second-order valence-electron chi connectivity index (χ2n) is 4.33. The first-order valence-corrected chi connectivity index (χ1v) is 5.17. The Morgan fingerprint density at radius 2 is 2.14 bits per heavy atom. The predicted molar refractivity (Wildman–Crippen MR) is 50.8 cm³/mol. The number of rotatable bonds is 1. The molecule has 2 bridgehead atoms. The number of aliphatic hydroxyl groups excluding tert-OH is 1. The van der Waals surface area contributed by atoms with E-state index in [4.69, 9.17) is 4.74 Å². The van der Waals surface area contributed by atoms with E-state index in [9.17, 15) is 9.90 Å². The molecule has 1 unspecified atom stereocenters. The second kappa shape index (κ2) is 3.51. The van der Waals surface area contributed by atoms with E-state index in [0.29, 0.717) is 6.04 Å². The van der Waals surface area contributed by atoms with Gasteiger partial charge in [0.1, 0.15) is 6.10 Å². The predicted octanol–water partition coefficient (Wildman–Crippen LogP) is 0.145. The van der Waals surface area contributed by atoms with Gasteiger partial charge < -0.3 is 9.84 Å². The Morgan fingerprint density at radius 1 is 1.43 bits per heavy atom. The van der Waals surface area contributed by atoms with Crippen molar-refractivity contribution in [3.8, 4) is 0 Å². The van der Waals surface area contributed by atoms with Crippen molar-refractivity contribution >= 4 is 5.97 Å². The number of hydrogen-bond acceptors (Lipinski definition) is 4. The number of aliphatic hydroxyl groups is 1. The average Bonchev–Trinajstić information content (AvgIpc) is 2.27. The van der Waals surface area contributed by atoms with Crippen LogP contribution in [0.5, 0.6) is 0 Å². The van der Waals surface area contributed by atoms with Gasteiger partial charge in [0.2, 0.25) is 0 Å². The number of likely N-dealkylation sites (N-methyl/N-ethyl adjacent to an activating group) is 1. The van der Waals surface area contributed by atoms with Gasteiger partial charge in [0, 0.05) is 25.4 Å². The van der Waals surface area contributed by atoms with Gasteiger partial charge in [-0.3, -0.25) is 9.69 Å². The van der Waals surface area contributed by atoms with E-state index >= 15 is 0 Å². The van der Waals surface area contributed by atoms with Crippen LogP contribution < -0.4 is 0 Å². The zero-order chi connectivity index (χ0) is 10.3. The lowest BCUT2D eigenvalue weighted by molar-refractivity contribution is -0.147. The third-order valence-electron chi connectivity index (χ3n) is 3.47. The highest BCUT2D eigenvalue weighted by molar-refractivity contribution is 5.66. The fourth-order valence-corrected chi connectivity index (χ4v) is 2.76. The van der Waals surface area contributed by atoms with Crippen LogP contribution in [0.15, 0.2) is 0 Å². The van der Waals surface area contributed by atoms with Gasteiger partial charge in [-0.05, 0) is 19.9 Å². The molecule has 80 valence electrons. The molecule has 0 aromatic rings. The highest BCUT2D eigenvalue weighted by atomic mass is 16.5. The molecule has 4 heteroatoms. The standard InChI is InChI=1S/C10H17NO3/c1-6(12)14-10-5-8-9(13)4-3-7(10)11(8)2/h7-10,13H,3-5H2,1-2H3/t7-,8-,9?,10-/m0/s1. The third kappa shape index (κ3) is 1.53. The van der Waals surface area contributed by atoms with E-state index in [2.05, 4.69) is 4.90 Å². The number of ether oxygens (including phenoxy) is 1. The van der Waals surface area contributed by atoms with Crippen molar-refractivity contribution < 1.29 is 14.6 Å². The minimum Gasteiger partial charge on any atom is -0.461 e. The van der Waals surface area contributed by atoms with Crippen LogP contribution in [-0.2, 0) is 9.53 Å². The average molecular weight is 199 g/mol. The fraction of sp³-hybridized carbons (Fsp3) is 0.900. The van der Waals surface area contributed by atoms with E-state index in [0.717, 1.165) is 19.3 Å². The van der Waals surface area contributed by atoms with Crippen LogP contribution in [0.4, 0.5) is 0 Å². The Bertz CT molecular complexity index is 244. The lowest BCUT2D eigenvalue weighted by atomic mass is 10.0. The molecule has 4 atom stereocenters. The molecule has 0 radical (unpaired) electrons. The zero-order valence-electron chi connectivity index (χ0n) is 8.64. The van der Waals surface area contributed by atoms with Crippen molar-refractivity contribution in [2.45, 2.75) is 50.5 Å². The molecule has 2 aliphatic heterocycles. The Hall–Kier alpha value is -0.610. The van der Waals surface area contributed by atoms with Crippen LogP contribution in [-0.4, -0.2) is 47.3 Å². The number of fused-ring (bicyclic) bond motifs is 2. The lowest BCUT2D eigenvalue weighted by Crippen LogP contribution is -2.46. The van der Waals surface area contributed by atoms with Gasteiger partial charge in [-0.15, -0.1) is 0 Å². The van der Waals surface area contributed by atoms with E-state index in [1.165, 1.54) is 6.92 Å². The summed E-state index contributed by atoms with van der Waals surface area (Å²) < 4.78 is 5.25. The molecule has 2 saturated heterocycles. The Labute approximate surface area is 83.8 Å². The molecule has 14 heavy (non-hydrogen) atoms. The van der Waals surface area contributed by atoms with Gasteiger partial charge in [-0.2, -0.15) is 0 Å². The maximum Gasteiger partial charge on any atom is 0.302 e. The molecule has 2 fully saturated rings. The summed E-state index contributed by atoms with van der Waals surface area (Å²) in [5.74, 6) is -0.217. The van der Waals surface area contributed by atoms with Crippen LogP contribution in [0.1, 0.15) is 26.2 Å². The number of carbonyl (C=O) groups excluding carboxylic acids is 1. The lowest BCUT2D eigenvalue weighted by Gasteiger charge is -2.34. The minimum absolute atomic E-state index is 0.0142. The maximum absolute atomic E-state index is 10.9. The normalized spacial score (nSPS) is 42.5. The van der Waals surface area contributed by atoms with E-state index in [-0.39, 0.29) is 24.2 Å². The largest absolute Gasteiger partial charge is 0.461 e. The monoisotopic (exact) mass is 199 g/mol. The first kappa shape index (κ1) is 9.93. The van der Waals surface area contributed by atoms with Crippen molar-refractivity contribution in [2.24, 2.45) is 0 Å². The van der Waals surface area contributed by atoms with E-state index in [1.807, 2.05) is 7.05 Å². The maximum atomic E-state index is 10.9. The van der Waals surface area contributed by atoms with Gasteiger partial charge in [0.25, 0.3) is 0 Å². The summed E-state index contributed by atoms with van der Waals surface area (Å²) in [5, 5.41) is 9.74. The van der Waals surface area contributed by atoms with Crippen LogP contribution in [0, 0.1) is 0 Å². The molecule has 0 aromatic heterocycles. The van der Waals surface area contributed by atoms with Crippen molar-refractivity contribution in [1.29, 1.82) is 0 Å². The van der Waals surface area contributed by atoms with Crippen molar-refractivity contribution in [1.82, 2.24) is 4.90 Å². The smallest absolute Gasteiger partial charge is 0.302 e. The summed E-state index contributed by atoms with van der Waals surface area (Å²) in [7, 11) is 2.00. The highest BCUT2D eigenvalue weighted by Crippen LogP contribution is 2.36. The van der Waals surface area contributed by atoms with Crippen LogP contribution >= 0.6 is 0 Å². The molecule has 0 saturated carbocycles. The van der Waals surface area contributed by atoms with Gasteiger partial charge in [-0.25, -0.2) is 0 Å². The number of hydrogen-bond donors (Lipinski definition) is 1. The molecule has 4 nitrogen and oxygen atoms in total. The van der Waals surface area contributed by atoms with Crippen LogP contribution in [0.3, 0.4) is 0 Å². The molecule has 1 N–H and O–H groups in total. The van der Waals surface area contributed by atoms with Crippen molar-refractivity contribution in [2.75, 3.05) is 7.05 Å². The summed E-state index contributed by atoms with van der Waals surface area (Å²) >= 11 is 0. The molecular formula is C10H17NO3. The first-order valence-electron chi connectivity index (χ1n) is 5.17. The molecule has 0 spiro atoms. The highest BCUT2D eigenvalue weighted by Gasteiger charge is 2.47. The molecule has 2 aliphatic rings. The second-order valence-corrected chi connectivity index (χ2v) is 4.33. The number of esters is 1. The number of nitrogens with zero attached hydrogens (tertiary/aromatic N) is 1. The Morgan fingerprint density at radius 3 is 2.71 bits per heavy atom. The summed E-state index contributed by atoms with van der Waals surface area (Å²) in [4.78, 5) is 13.0. The summed E-state index contributed by atoms with van der Waals surface area (Å²) in [6.45, 7) is 1.44. The molecular weight excluding hydrogens is 182 g/mol. The molecule has 0 aliphatic carbocycles. The third-order valence-corrected chi connectivity index (χ3v) is 3.47. The topological polar surface area (TPSA) is 49.8 Å².